The molecular weight excluding hydrogens is 138 g/mol. The zero-order valence-electron chi connectivity index (χ0n) is 7.48. The molecule has 0 aliphatic carbocycles. The van der Waals surface area contributed by atoms with E-state index < -0.39 is 0 Å². The molecule has 1 aliphatic rings. The van der Waals surface area contributed by atoms with Crippen molar-refractivity contribution in [1.82, 2.24) is 4.90 Å². The topological polar surface area (TPSA) is 20.3 Å². The Morgan fingerprint density at radius 1 is 1.45 bits per heavy atom. The third-order valence-electron chi connectivity index (χ3n) is 1.89. The Balaban J connectivity index is 2.45. The van der Waals surface area contributed by atoms with Crippen molar-refractivity contribution >= 4 is 5.91 Å². The van der Waals surface area contributed by atoms with Crippen molar-refractivity contribution in [3.63, 3.8) is 0 Å². The van der Waals surface area contributed by atoms with E-state index in [0.29, 0.717) is 11.0 Å². The van der Waals surface area contributed by atoms with Crippen LogP contribution in [0.15, 0.2) is 12.2 Å². The van der Waals surface area contributed by atoms with Gasteiger partial charge in [-0.1, -0.05) is 20.4 Å². The standard InChI is InChI=1S/C9H15NO/c1-7(2)8(11)10-5-9(3,4)6-10/h1,5-6H2,2-4H3. The van der Waals surface area contributed by atoms with Gasteiger partial charge in [-0.25, -0.2) is 0 Å². The summed E-state index contributed by atoms with van der Waals surface area (Å²) in [7, 11) is 0. The third kappa shape index (κ3) is 1.62. The zero-order valence-corrected chi connectivity index (χ0v) is 7.48. The molecule has 0 aromatic heterocycles. The number of likely N-dealkylation sites (tertiary alicyclic amines) is 1. The van der Waals surface area contributed by atoms with Crippen molar-refractivity contribution in [3.05, 3.63) is 12.2 Å². The number of nitrogens with zero attached hydrogens (tertiary/aromatic N) is 1. The summed E-state index contributed by atoms with van der Waals surface area (Å²) in [4.78, 5) is 13.1. The van der Waals surface area contributed by atoms with Crippen LogP contribution in [0.4, 0.5) is 0 Å². The summed E-state index contributed by atoms with van der Waals surface area (Å²) >= 11 is 0. The molecule has 1 aliphatic heterocycles. The van der Waals surface area contributed by atoms with Crippen LogP contribution in [-0.4, -0.2) is 23.9 Å². The van der Waals surface area contributed by atoms with Crippen molar-refractivity contribution in [3.8, 4) is 0 Å². The molecule has 0 aromatic carbocycles. The maximum atomic E-state index is 11.2. The number of amides is 1. The van der Waals surface area contributed by atoms with Gasteiger partial charge in [0, 0.05) is 18.7 Å². The Labute approximate surface area is 67.9 Å². The van der Waals surface area contributed by atoms with Crippen LogP contribution in [0.1, 0.15) is 20.8 Å². The predicted molar refractivity (Wildman–Crippen MR) is 45.2 cm³/mol. The minimum Gasteiger partial charge on any atom is -0.338 e. The van der Waals surface area contributed by atoms with E-state index in [9.17, 15) is 4.79 Å². The molecule has 1 amide bonds. The maximum absolute atomic E-state index is 11.2. The minimum absolute atomic E-state index is 0.101. The zero-order chi connectivity index (χ0) is 8.65. The molecular formula is C9H15NO. The fourth-order valence-electron chi connectivity index (χ4n) is 1.40. The third-order valence-corrected chi connectivity index (χ3v) is 1.89. The maximum Gasteiger partial charge on any atom is 0.248 e. The Kier molecular flexibility index (Phi) is 1.78. The Morgan fingerprint density at radius 3 is 2.18 bits per heavy atom. The van der Waals surface area contributed by atoms with Crippen LogP contribution >= 0.6 is 0 Å². The van der Waals surface area contributed by atoms with Gasteiger partial charge in [-0.2, -0.15) is 0 Å². The molecule has 2 nitrogen and oxygen atoms in total. The lowest BCUT2D eigenvalue weighted by atomic mass is 9.84. The lowest BCUT2D eigenvalue weighted by Gasteiger charge is -2.45. The molecule has 11 heavy (non-hydrogen) atoms. The van der Waals surface area contributed by atoms with Gasteiger partial charge in [-0.15, -0.1) is 0 Å². The van der Waals surface area contributed by atoms with Crippen molar-refractivity contribution in [2.75, 3.05) is 13.1 Å². The Bertz CT molecular complexity index is 198. The van der Waals surface area contributed by atoms with Gasteiger partial charge in [-0.05, 0) is 12.3 Å². The average molecular weight is 153 g/mol. The first kappa shape index (κ1) is 8.31. The minimum atomic E-state index is 0.101. The van der Waals surface area contributed by atoms with Gasteiger partial charge in [-0.3, -0.25) is 4.79 Å². The van der Waals surface area contributed by atoms with Crippen LogP contribution in [0, 0.1) is 5.41 Å². The molecule has 1 rings (SSSR count). The first-order valence-electron chi connectivity index (χ1n) is 3.87. The smallest absolute Gasteiger partial charge is 0.248 e. The van der Waals surface area contributed by atoms with E-state index in [4.69, 9.17) is 0 Å². The molecule has 1 heterocycles. The summed E-state index contributed by atoms with van der Waals surface area (Å²) in [6.45, 7) is 11.4. The lowest BCUT2D eigenvalue weighted by Crippen LogP contribution is -2.55. The summed E-state index contributed by atoms with van der Waals surface area (Å²) in [6, 6.07) is 0. The SMILES string of the molecule is C=C(C)C(=O)N1CC(C)(C)C1. The van der Waals surface area contributed by atoms with Crippen LogP contribution in [0.2, 0.25) is 0 Å². The van der Waals surface area contributed by atoms with Crippen molar-refractivity contribution in [1.29, 1.82) is 0 Å². The quantitative estimate of drug-likeness (QED) is 0.522. The molecule has 0 bridgehead atoms. The van der Waals surface area contributed by atoms with Crippen molar-refractivity contribution in [2.24, 2.45) is 5.41 Å². The number of carbonyl (C=O) groups excluding carboxylic acids is 1. The van der Waals surface area contributed by atoms with Crippen LogP contribution in [0.5, 0.6) is 0 Å². The number of hydrogen-bond acceptors (Lipinski definition) is 1. The fraction of sp³-hybridized carbons (Fsp3) is 0.667. The van der Waals surface area contributed by atoms with E-state index in [1.165, 1.54) is 0 Å². The van der Waals surface area contributed by atoms with Gasteiger partial charge in [0.25, 0.3) is 0 Å². The molecule has 0 N–H and O–H groups in total. The summed E-state index contributed by atoms with van der Waals surface area (Å²) in [5, 5.41) is 0. The average Bonchev–Trinajstić information content (AvgIpc) is 1.80. The predicted octanol–water partition coefficient (Wildman–Crippen LogP) is 1.43. The normalized spacial score (nSPS) is 20.8. The summed E-state index contributed by atoms with van der Waals surface area (Å²) in [5.41, 5.74) is 0.964. The van der Waals surface area contributed by atoms with Crippen LogP contribution < -0.4 is 0 Å². The molecule has 62 valence electrons. The van der Waals surface area contributed by atoms with Gasteiger partial charge >= 0.3 is 0 Å². The molecule has 0 radical (unpaired) electrons. The summed E-state index contributed by atoms with van der Waals surface area (Å²) in [5.74, 6) is 0.101. The molecule has 0 saturated carbocycles. The highest BCUT2D eigenvalue weighted by atomic mass is 16.2. The van der Waals surface area contributed by atoms with Crippen LogP contribution in [-0.2, 0) is 4.79 Å². The van der Waals surface area contributed by atoms with E-state index in [1.54, 1.807) is 6.92 Å². The van der Waals surface area contributed by atoms with E-state index in [1.807, 2.05) is 4.90 Å². The highest BCUT2D eigenvalue weighted by Gasteiger charge is 2.36. The van der Waals surface area contributed by atoms with Gasteiger partial charge < -0.3 is 4.90 Å². The van der Waals surface area contributed by atoms with Gasteiger partial charge in [0.15, 0.2) is 0 Å². The van der Waals surface area contributed by atoms with E-state index >= 15 is 0 Å². The van der Waals surface area contributed by atoms with Crippen molar-refractivity contribution < 1.29 is 4.79 Å². The second-order valence-electron chi connectivity index (χ2n) is 4.11. The first-order chi connectivity index (χ1) is 4.92. The Morgan fingerprint density at radius 2 is 1.91 bits per heavy atom. The number of carbonyl (C=O) groups is 1. The van der Waals surface area contributed by atoms with Crippen molar-refractivity contribution in [2.45, 2.75) is 20.8 Å². The second kappa shape index (κ2) is 2.36. The molecule has 0 atom stereocenters. The highest BCUT2D eigenvalue weighted by molar-refractivity contribution is 5.92. The van der Waals surface area contributed by atoms with Crippen LogP contribution in [0.3, 0.4) is 0 Å². The largest absolute Gasteiger partial charge is 0.338 e. The van der Waals surface area contributed by atoms with Gasteiger partial charge in [0.2, 0.25) is 5.91 Å². The van der Waals surface area contributed by atoms with Gasteiger partial charge in [0.05, 0.1) is 0 Å². The number of hydrogen-bond donors (Lipinski definition) is 0. The number of rotatable bonds is 1. The molecule has 0 unspecified atom stereocenters. The molecule has 0 aromatic rings. The fourth-order valence-corrected chi connectivity index (χ4v) is 1.40. The first-order valence-corrected chi connectivity index (χ1v) is 3.87. The molecule has 0 spiro atoms. The molecule has 2 heteroatoms. The summed E-state index contributed by atoms with van der Waals surface area (Å²) < 4.78 is 0. The summed E-state index contributed by atoms with van der Waals surface area (Å²) in [6.07, 6.45) is 0. The van der Waals surface area contributed by atoms with E-state index in [-0.39, 0.29) is 5.91 Å². The van der Waals surface area contributed by atoms with Gasteiger partial charge in [0.1, 0.15) is 0 Å². The highest BCUT2D eigenvalue weighted by Crippen LogP contribution is 2.29. The molecule has 1 fully saturated rings. The van der Waals surface area contributed by atoms with E-state index in [0.717, 1.165) is 13.1 Å². The monoisotopic (exact) mass is 153 g/mol. The lowest BCUT2D eigenvalue weighted by molar-refractivity contribution is -0.137. The van der Waals surface area contributed by atoms with Crippen LogP contribution in [0.25, 0.3) is 0 Å². The second-order valence-corrected chi connectivity index (χ2v) is 4.11. The molecule has 1 saturated heterocycles. The van der Waals surface area contributed by atoms with E-state index in [2.05, 4.69) is 20.4 Å². The Hall–Kier alpha value is -0.790.